The molecule has 0 spiro atoms. The molecule has 1 aliphatic heterocycles. The summed E-state index contributed by atoms with van der Waals surface area (Å²) in [4.78, 5) is 27.9. The molecule has 0 bridgehead atoms. The SMILES string of the molecule is CCOC(=O)c1cc2cc(OC)c(Oc3nc(Nc4ccc(N5CCOCC5)cc4OC)ncc3Cl)cc2nc1C. The van der Waals surface area contributed by atoms with Crippen molar-refractivity contribution in [1.29, 1.82) is 0 Å². The van der Waals surface area contributed by atoms with E-state index in [1.807, 2.05) is 18.2 Å². The highest BCUT2D eigenvalue weighted by molar-refractivity contribution is 6.31. The number of esters is 1. The van der Waals surface area contributed by atoms with Gasteiger partial charge in [0, 0.05) is 36.3 Å². The number of nitrogens with zero attached hydrogens (tertiary/aromatic N) is 4. The lowest BCUT2D eigenvalue weighted by atomic mass is 10.1. The zero-order valence-corrected chi connectivity index (χ0v) is 23.9. The Hall–Kier alpha value is -4.35. The Morgan fingerprint density at radius 2 is 1.83 bits per heavy atom. The molecule has 41 heavy (non-hydrogen) atoms. The van der Waals surface area contributed by atoms with E-state index in [0.717, 1.165) is 18.8 Å². The van der Waals surface area contributed by atoms with Crippen molar-refractivity contribution in [3.05, 3.63) is 58.9 Å². The van der Waals surface area contributed by atoms with E-state index in [-0.39, 0.29) is 23.5 Å². The highest BCUT2D eigenvalue weighted by Crippen LogP contribution is 2.38. The summed E-state index contributed by atoms with van der Waals surface area (Å²) < 4.78 is 27.9. The molecule has 5 rings (SSSR count). The number of morpholine rings is 1. The van der Waals surface area contributed by atoms with Gasteiger partial charge in [-0.25, -0.2) is 9.78 Å². The first kappa shape index (κ1) is 28.2. The number of ether oxygens (including phenoxy) is 5. The molecule has 12 heteroatoms. The van der Waals surface area contributed by atoms with Crippen LogP contribution in [0.3, 0.4) is 0 Å². The Kier molecular flexibility index (Phi) is 8.55. The van der Waals surface area contributed by atoms with Gasteiger partial charge in [0.1, 0.15) is 10.8 Å². The summed E-state index contributed by atoms with van der Waals surface area (Å²) in [5.41, 5.74) is 3.24. The van der Waals surface area contributed by atoms with E-state index >= 15 is 0 Å². The van der Waals surface area contributed by atoms with Crippen LogP contribution in [0, 0.1) is 6.92 Å². The average molecular weight is 580 g/mol. The molecule has 214 valence electrons. The van der Waals surface area contributed by atoms with E-state index in [1.54, 1.807) is 39.2 Å². The smallest absolute Gasteiger partial charge is 0.339 e. The molecule has 0 saturated carbocycles. The predicted molar refractivity (Wildman–Crippen MR) is 155 cm³/mol. The highest BCUT2D eigenvalue weighted by atomic mass is 35.5. The first-order valence-electron chi connectivity index (χ1n) is 13.0. The quantitative estimate of drug-likeness (QED) is 0.251. The van der Waals surface area contributed by atoms with E-state index in [4.69, 9.17) is 35.3 Å². The lowest BCUT2D eigenvalue weighted by molar-refractivity contribution is 0.0525. The van der Waals surface area contributed by atoms with Crippen LogP contribution in [0.5, 0.6) is 23.1 Å². The average Bonchev–Trinajstić information content (AvgIpc) is 2.99. The Morgan fingerprint density at radius 3 is 2.56 bits per heavy atom. The van der Waals surface area contributed by atoms with Crippen molar-refractivity contribution in [1.82, 2.24) is 15.0 Å². The molecule has 1 N–H and O–H groups in total. The first-order valence-corrected chi connectivity index (χ1v) is 13.4. The van der Waals surface area contributed by atoms with Crippen molar-refractivity contribution in [2.24, 2.45) is 0 Å². The number of aryl methyl sites for hydroxylation is 1. The summed E-state index contributed by atoms with van der Waals surface area (Å²) in [5.74, 6) is 1.33. The second-order valence-electron chi connectivity index (χ2n) is 9.10. The second kappa shape index (κ2) is 12.4. The number of hydrogen-bond acceptors (Lipinski definition) is 11. The lowest BCUT2D eigenvalue weighted by Crippen LogP contribution is -2.36. The number of anilines is 3. The number of nitrogens with one attached hydrogen (secondary N) is 1. The minimum Gasteiger partial charge on any atom is -0.494 e. The lowest BCUT2D eigenvalue weighted by Gasteiger charge is -2.29. The Morgan fingerprint density at radius 1 is 1.05 bits per heavy atom. The third-order valence-electron chi connectivity index (χ3n) is 6.51. The third-order valence-corrected chi connectivity index (χ3v) is 6.77. The molecule has 0 amide bonds. The second-order valence-corrected chi connectivity index (χ2v) is 9.50. The molecular formula is C29H30ClN5O6. The van der Waals surface area contributed by atoms with E-state index in [0.29, 0.717) is 58.3 Å². The molecule has 1 aliphatic rings. The van der Waals surface area contributed by atoms with Crippen LogP contribution in [0.25, 0.3) is 10.9 Å². The zero-order valence-electron chi connectivity index (χ0n) is 23.2. The van der Waals surface area contributed by atoms with Gasteiger partial charge < -0.3 is 33.9 Å². The fraction of sp³-hybridized carbons (Fsp3) is 0.310. The Bertz CT molecular complexity index is 1580. The van der Waals surface area contributed by atoms with Gasteiger partial charge in [-0.1, -0.05) is 11.6 Å². The zero-order chi connectivity index (χ0) is 28.9. The number of rotatable bonds is 9. The maximum Gasteiger partial charge on any atom is 0.339 e. The van der Waals surface area contributed by atoms with E-state index in [1.165, 1.54) is 13.3 Å². The van der Waals surface area contributed by atoms with Crippen molar-refractivity contribution >= 4 is 45.8 Å². The molecule has 11 nitrogen and oxygen atoms in total. The van der Waals surface area contributed by atoms with Crippen LogP contribution in [0.2, 0.25) is 5.02 Å². The molecule has 0 aliphatic carbocycles. The van der Waals surface area contributed by atoms with Crippen molar-refractivity contribution in [2.45, 2.75) is 13.8 Å². The number of hydrogen-bond donors (Lipinski definition) is 1. The van der Waals surface area contributed by atoms with Gasteiger partial charge in [-0.05, 0) is 38.1 Å². The minimum absolute atomic E-state index is 0.116. The molecule has 0 unspecified atom stereocenters. The number of methoxy groups -OCH3 is 2. The summed E-state index contributed by atoms with van der Waals surface area (Å²) in [5, 5.41) is 4.07. The Balaban J connectivity index is 1.41. The molecule has 1 saturated heterocycles. The topological polar surface area (TPSA) is 117 Å². The number of aromatic nitrogens is 3. The standard InChI is InChI=1S/C29H30ClN5O6/c1-5-40-28(36)20-12-18-13-25(38-4)26(15-23(18)32-17(20)2)41-27-21(30)16-31-29(34-27)33-22-7-6-19(14-24(22)37-3)35-8-10-39-11-9-35/h6-7,12-16H,5,8-11H2,1-4H3,(H,31,33,34). The molecule has 0 radical (unpaired) electrons. The van der Waals surface area contributed by atoms with Gasteiger partial charge in [-0.15, -0.1) is 0 Å². The summed E-state index contributed by atoms with van der Waals surface area (Å²) in [6.07, 6.45) is 1.45. The maximum atomic E-state index is 12.3. The fourth-order valence-corrected chi connectivity index (χ4v) is 4.57. The predicted octanol–water partition coefficient (Wildman–Crippen LogP) is 5.55. The number of carbonyl (C=O) groups excluding carboxylic acids is 1. The van der Waals surface area contributed by atoms with Crippen LogP contribution in [-0.2, 0) is 9.47 Å². The van der Waals surface area contributed by atoms with Crippen LogP contribution in [0.1, 0.15) is 23.0 Å². The van der Waals surface area contributed by atoms with Gasteiger partial charge in [0.25, 0.3) is 0 Å². The third kappa shape index (κ3) is 6.21. The molecular weight excluding hydrogens is 550 g/mol. The van der Waals surface area contributed by atoms with E-state index in [2.05, 4.69) is 25.2 Å². The normalized spacial score (nSPS) is 13.1. The van der Waals surface area contributed by atoms with Gasteiger partial charge in [-0.3, -0.25) is 4.98 Å². The largest absolute Gasteiger partial charge is 0.494 e. The minimum atomic E-state index is -0.432. The van der Waals surface area contributed by atoms with Gasteiger partial charge in [0.15, 0.2) is 11.5 Å². The van der Waals surface area contributed by atoms with Gasteiger partial charge >= 0.3 is 5.97 Å². The van der Waals surface area contributed by atoms with Gasteiger partial charge in [0.05, 0.1) is 62.7 Å². The van der Waals surface area contributed by atoms with Crippen molar-refractivity contribution in [3.8, 4) is 23.1 Å². The fourth-order valence-electron chi connectivity index (χ4n) is 4.44. The summed E-state index contributed by atoms with van der Waals surface area (Å²) >= 11 is 6.41. The molecule has 2 aromatic carbocycles. The molecule has 3 heterocycles. The summed E-state index contributed by atoms with van der Waals surface area (Å²) in [6.45, 7) is 6.79. The van der Waals surface area contributed by atoms with Gasteiger partial charge in [0.2, 0.25) is 11.8 Å². The highest BCUT2D eigenvalue weighted by Gasteiger charge is 2.18. The summed E-state index contributed by atoms with van der Waals surface area (Å²) in [6, 6.07) is 11.0. The van der Waals surface area contributed by atoms with Crippen molar-refractivity contribution in [2.75, 3.05) is 57.3 Å². The molecule has 1 fully saturated rings. The monoisotopic (exact) mass is 579 g/mol. The van der Waals surface area contributed by atoms with Crippen molar-refractivity contribution in [3.63, 3.8) is 0 Å². The Labute approximate surface area is 242 Å². The number of carbonyl (C=O) groups is 1. The van der Waals surface area contributed by atoms with Crippen LogP contribution in [0.4, 0.5) is 17.3 Å². The molecule has 2 aromatic heterocycles. The number of halogens is 1. The maximum absolute atomic E-state index is 12.3. The van der Waals surface area contributed by atoms with Crippen molar-refractivity contribution < 1.29 is 28.5 Å². The van der Waals surface area contributed by atoms with Crippen LogP contribution in [-0.4, -0.2) is 68.1 Å². The molecule has 4 aromatic rings. The summed E-state index contributed by atoms with van der Waals surface area (Å²) in [7, 11) is 3.13. The number of benzene rings is 2. The molecule has 0 atom stereocenters. The van der Waals surface area contributed by atoms with Gasteiger partial charge in [-0.2, -0.15) is 4.98 Å². The van der Waals surface area contributed by atoms with Crippen LogP contribution < -0.4 is 24.4 Å². The van der Waals surface area contributed by atoms with Crippen LogP contribution in [0.15, 0.2) is 42.6 Å². The first-order chi connectivity index (χ1) is 19.9. The number of fused-ring (bicyclic) bond motifs is 1. The number of pyridine rings is 1. The van der Waals surface area contributed by atoms with E-state index < -0.39 is 5.97 Å². The van der Waals surface area contributed by atoms with Crippen LogP contribution >= 0.6 is 11.6 Å². The van der Waals surface area contributed by atoms with E-state index in [9.17, 15) is 4.79 Å².